The lowest BCUT2D eigenvalue weighted by Gasteiger charge is -2.23. The molecule has 1 aliphatic heterocycles. The second-order valence-electron chi connectivity index (χ2n) is 5.14. The Balaban J connectivity index is 2.00. The molecule has 1 aliphatic rings. The molecule has 3 nitrogen and oxygen atoms in total. The average Bonchev–Trinajstić information content (AvgIpc) is 2.96. The Morgan fingerprint density at radius 2 is 2.05 bits per heavy atom. The summed E-state index contributed by atoms with van der Waals surface area (Å²) >= 11 is 0. The fourth-order valence-corrected chi connectivity index (χ4v) is 2.38. The van der Waals surface area contributed by atoms with Crippen LogP contribution in [0.15, 0.2) is 24.3 Å². The maximum Gasteiger partial charge on any atom is 0.256 e. The molecule has 0 spiro atoms. The van der Waals surface area contributed by atoms with Gasteiger partial charge >= 0.3 is 0 Å². The number of rotatable bonds is 6. The Labute approximate surface area is 121 Å². The molecule has 116 valence electrons. The summed E-state index contributed by atoms with van der Waals surface area (Å²) in [7, 11) is 0. The molecule has 1 aromatic carbocycles. The van der Waals surface area contributed by atoms with Crippen LogP contribution in [-0.4, -0.2) is 32.1 Å². The Hall–Kier alpha value is -1.56. The van der Waals surface area contributed by atoms with E-state index in [1.165, 1.54) is 12.1 Å². The molecule has 21 heavy (non-hydrogen) atoms. The number of alkyl halides is 2. The molecule has 0 radical (unpaired) electrons. The van der Waals surface area contributed by atoms with Crippen LogP contribution >= 0.6 is 0 Å². The number of benzene rings is 1. The summed E-state index contributed by atoms with van der Waals surface area (Å²) in [5.41, 5.74) is 0.296. The number of ether oxygens (including phenoxy) is 1. The van der Waals surface area contributed by atoms with E-state index < -0.39 is 18.8 Å². The minimum Gasteiger partial charge on any atom is -0.381 e. The third kappa shape index (κ3) is 4.74. The minimum absolute atomic E-state index is 0.193. The highest BCUT2D eigenvalue weighted by Crippen LogP contribution is 2.22. The van der Waals surface area contributed by atoms with Gasteiger partial charge in [-0.15, -0.1) is 0 Å². The smallest absolute Gasteiger partial charge is 0.256 e. The predicted molar refractivity (Wildman–Crippen MR) is 72.9 cm³/mol. The van der Waals surface area contributed by atoms with Crippen molar-refractivity contribution >= 4 is 11.6 Å². The number of nitrogens with zero attached hydrogens (tertiary/aromatic N) is 1. The van der Waals surface area contributed by atoms with Crippen LogP contribution in [0.2, 0.25) is 0 Å². The Morgan fingerprint density at radius 1 is 1.33 bits per heavy atom. The van der Waals surface area contributed by atoms with Gasteiger partial charge in [0.05, 0.1) is 6.54 Å². The summed E-state index contributed by atoms with van der Waals surface area (Å²) in [5.74, 6) is -0.518. The number of anilines is 1. The van der Waals surface area contributed by atoms with Crippen LogP contribution in [0.5, 0.6) is 0 Å². The summed E-state index contributed by atoms with van der Waals surface area (Å²) in [6.45, 7) is 0.641. The van der Waals surface area contributed by atoms with Crippen molar-refractivity contribution in [1.82, 2.24) is 0 Å². The highest BCUT2D eigenvalue weighted by atomic mass is 19.3. The highest BCUT2D eigenvalue weighted by molar-refractivity contribution is 5.93. The van der Waals surface area contributed by atoms with Gasteiger partial charge in [0.25, 0.3) is 6.43 Å². The maximum absolute atomic E-state index is 12.9. The summed E-state index contributed by atoms with van der Waals surface area (Å²) in [6, 6.07) is 5.00. The monoisotopic (exact) mass is 301 g/mol. The second-order valence-corrected chi connectivity index (χ2v) is 5.14. The number of halogens is 3. The number of hydrogen-bond acceptors (Lipinski definition) is 2. The lowest BCUT2D eigenvalue weighted by atomic mass is 10.0. The molecule has 1 aromatic rings. The molecule has 1 amide bonds. The van der Waals surface area contributed by atoms with Gasteiger partial charge < -0.3 is 9.64 Å². The lowest BCUT2D eigenvalue weighted by Crippen LogP contribution is -2.35. The first-order chi connectivity index (χ1) is 10.1. The van der Waals surface area contributed by atoms with Crippen LogP contribution in [0.3, 0.4) is 0 Å². The summed E-state index contributed by atoms with van der Waals surface area (Å²) in [6.07, 6.45) is -0.912. The fraction of sp³-hybridized carbons (Fsp3) is 0.533. The van der Waals surface area contributed by atoms with E-state index in [2.05, 4.69) is 0 Å². The first-order valence-corrected chi connectivity index (χ1v) is 6.98. The second kappa shape index (κ2) is 7.45. The normalized spacial score (nSPS) is 18.2. The highest BCUT2D eigenvalue weighted by Gasteiger charge is 2.22. The molecule has 1 heterocycles. The molecule has 0 bridgehead atoms. The van der Waals surface area contributed by atoms with Crippen LogP contribution < -0.4 is 4.90 Å². The van der Waals surface area contributed by atoms with Gasteiger partial charge in [0.1, 0.15) is 5.82 Å². The Bertz CT molecular complexity index is 458. The van der Waals surface area contributed by atoms with Gasteiger partial charge in [-0.3, -0.25) is 4.79 Å². The molecule has 0 N–H and O–H groups in total. The van der Waals surface area contributed by atoms with Gasteiger partial charge in [0, 0.05) is 25.3 Å². The predicted octanol–water partition coefficient (Wildman–Crippen LogP) is 3.24. The minimum atomic E-state index is -2.63. The van der Waals surface area contributed by atoms with Crippen LogP contribution in [0.4, 0.5) is 18.9 Å². The molecule has 0 aliphatic carbocycles. The van der Waals surface area contributed by atoms with Crippen molar-refractivity contribution in [3.05, 3.63) is 30.1 Å². The number of carbonyl (C=O) groups excluding carboxylic acids is 1. The third-order valence-electron chi connectivity index (χ3n) is 3.55. The summed E-state index contributed by atoms with van der Waals surface area (Å²) < 4.78 is 43.5. The molecule has 0 aromatic heterocycles. The van der Waals surface area contributed by atoms with E-state index in [1.807, 2.05) is 0 Å². The maximum atomic E-state index is 12.9. The van der Waals surface area contributed by atoms with Gasteiger partial charge in [0.15, 0.2) is 0 Å². The van der Waals surface area contributed by atoms with E-state index in [1.54, 1.807) is 0 Å². The summed E-state index contributed by atoms with van der Waals surface area (Å²) in [4.78, 5) is 13.2. The molecule has 0 saturated carbocycles. The molecule has 6 heteroatoms. The quantitative estimate of drug-likeness (QED) is 0.807. The fourth-order valence-electron chi connectivity index (χ4n) is 2.38. The first-order valence-electron chi connectivity index (χ1n) is 6.98. The zero-order valence-corrected chi connectivity index (χ0v) is 11.6. The van der Waals surface area contributed by atoms with Crippen molar-refractivity contribution in [2.24, 2.45) is 5.92 Å². The molecular weight excluding hydrogens is 283 g/mol. The lowest BCUT2D eigenvalue weighted by molar-refractivity contribution is -0.119. The van der Waals surface area contributed by atoms with E-state index in [9.17, 15) is 18.0 Å². The molecule has 1 atom stereocenters. The van der Waals surface area contributed by atoms with Crippen molar-refractivity contribution in [3.8, 4) is 0 Å². The van der Waals surface area contributed by atoms with Crippen molar-refractivity contribution in [2.45, 2.75) is 25.7 Å². The van der Waals surface area contributed by atoms with Crippen molar-refractivity contribution < 1.29 is 22.7 Å². The largest absolute Gasteiger partial charge is 0.381 e. The zero-order valence-electron chi connectivity index (χ0n) is 11.6. The van der Waals surface area contributed by atoms with Crippen LogP contribution in [-0.2, 0) is 9.53 Å². The number of amides is 1. The SMILES string of the molecule is O=C(CC[C@@H]1CCOC1)N(CC(F)F)c1ccc(F)cc1. The van der Waals surface area contributed by atoms with Gasteiger partial charge in [0.2, 0.25) is 5.91 Å². The molecule has 1 saturated heterocycles. The molecule has 2 rings (SSSR count). The van der Waals surface area contributed by atoms with Crippen LogP contribution in [0.25, 0.3) is 0 Å². The van der Waals surface area contributed by atoms with Gasteiger partial charge in [-0.1, -0.05) is 0 Å². The van der Waals surface area contributed by atoms with Crippen LogP contribution in [0.1, 0.15) is 19.3 Å². The zero-order chi connectivity index (χ0) is 15.2. The van der Waals surface area contributed by atoms with Crippen LogP contribution in [0, 0.1) is 11.7 Å². The van der Waals surface area contributed by atoms with E-state index in [-0.39, 0.29) is 12.3 Å². The topological polar surface area (TPSA) is 29.5 Å². The molecule has 1 fully saturated rings. The standard InChI is InChI=1S/C15H18F3NO2/c16-12-2-4-13(5-3-12)19(9-14(17)18)15(20)6-1-11-7-8-21-10-11/h2-5,11,14H,1,6-10H2/t11-/m1/s1. The third-order valence-corrected chi connectivity index (χ3v) is 3.55. The van der Waals surface area contributed by atoms with Crippen molar-refractivity contribution in [1.29, 1.82) is 0 Å². The average molecular weight is 301 g/mol. The van der Waals surface area contributed by atoms with E-state index in [0.29, 0.717) is 31.2 Å². The molecule has 0 unspecified atom stereocenters. The van der Waals surface area contributed by atoms with E-state index in [4.69, 9.17) is 4.74 Å². The molecular formula is C15H18F3NO2. The van der Waals surface area contributed by atoms with Gasteiger partial charge in [-0.05, 0) is 43.0 Å². The number of carbonyl (C=O) groups is 1. The van der Waals surface area contributed by atoms with E-state index >= 15 is 0 Å². The number of hydrogen-bond donors (Lipinski definition) is 0. The van der Waals surface area contributed by atoms with Crippen molar-refractivity contribution in [3.63, 3.8) is 0 Å². The van der Waals surface area contributed by atoms with Crippen molar-refractivity contribution in [2.75, 3.05) is 24.7 Å². The Morgan fingerprint density at radius 3 is 2.62 bits per heavy atom. The first kappa shape index (κ1) is 15.8. The Kier molecular flexibility index (Phi) is 5.61. The van der Waals surface area contributed by atoms with Gasteiger partial charge in [-0.2, -0.15) is 0 Å². The van der Waals surface area contributed by atoms with E-state index in [0.717, 1.165) is 23.5 Å². The van der Waals surface area contributed by atoms with Gasteiger partial charge in [-0.25, -0.2) is 13.2 Å². The summed E-state index contributed by atoms with van der Waals surface area (Å²) in [5, 5.41) is 0.